The molecule has 2 rings (SSSR count). The van der Waals surface area contributed by atoms with Crippen LogP contribution in [0.3, 0.4) is 0 Å². The van der Waals surface area contributed by atoms with E-state index in [1.165, 1.54) is 5.56 Å². The lowest BCUT2D eigenvalue weighted by Gasteiger charge is -2.11. The molecular formula is C16H20ClN3. The van der Waals surface area contributed by atoms with Gasteiger partial charge in [0.2, 0.25) is 0 Å². The monoisotopic (exact) mass is 289 g/mol. The van der Waals surface area contributed by atoms with E-state index in [0.717, 1.165) is 42.2 Å². The summed E-state index contributed by atoms with van der Waals surface area (Å²) in [5.41, 5.74) is 3.25. The Morgan fingerprint density at radius 1 is 1.10 bits per heavy atom. The van der Waals surface area contributed by atoms with Crippen molar-refractivity contribution in [2.24, 2.45) is 0 Å². The molecule has 106 valence electrons. The number of anilines is 2. The lowest BCUT2D eigenvalue weighted by atomic mass is 10.1. The number of nitrogens with zero attached hydrogens (tertiary/aromatic N) is 2. The number of nitrogens with one attached hydrogen (secondary N) is 1. The molecule has 1 aromatic heterocycles. The third-order valence-electron chi connectivity index (χ3n) is 3.20. The predicted molar refractivity (Wildman–Crippen MR) is 84.9 cm³/mol. The number of halogens is 1. The number of hydrogen-bond donors (Lipinski definition) is 1. The van der Waals surface area contributed by atoms with Gasteiger partial charge in [0.05, 0.1) is 0 Å². The zero-order valence-corrected chi connectivity index (χ0v) is 13.0. The Bertz CT molecular complexity index is 579. The zero-order chi connectivity index (χ0) is 14.5. The minimum atomic E-state index is 0.516. The molecule has 0 radical (unpaired) electrons. The Morgan fingerprint density at radius 2 is 1.80 bits per heavy atom. The fourth-order valence-corrected chi connectivity index (χ4v) is 2.18. The summed E-state index contributed by atoms with van der Waals surface area (Å²) in [4.78, 5) is 8.75. The van der Waals surface area contributed by atoms with Crippen molar-refractivity contribution in [1.82, 2.24) is 9.97 Å². The maximum atomic E-state index is 6.14. The molecule has 2 aromatic rings. The van der Waals surface area contributed by atoms with Gasteiger partial charge in [0.25, 0.3) is 0 Å². The van der Waals surface area contributed by atoms with Crippen molar-refractivity contribution >= 4 is 23.1 Å². The van der Waals surface area contributed by atoms with E-state index in [2.05, 4.69) is 46.5 Å². The molecule has 0 fully saturated rings. The quantitative estimate of drug-likeness (QED) is 0.811. The first kappa shape index (κ1) is 14.8. The summed E-state index contributed by atoms with van der Waals surface area (Å²) in [6.45, 7) is 6.13. The Balaban J connectivity index is 2.22. The van der Waals surface area contributed by atoms with Crippen LogP contribution < -0.4 is 5.32 Å². The molecule has 0 aliphatic carbocycles. The van der Waals surface area contributed by atoms with E-state index in [9.17, 15) is 0 Å². The zero-order valence-electron chi connectivity index (χ0n) is 12.2. The van der Waals surface area contributed by atoms with Gasteiger partial charge in [-0.25, -0.2) is 9.97 Å². The highest BCUT2D eigenvalue weighted by molar-refractivity contribution is 6.30. The van der Waals surface area contributed by atoms with Gasteiger partial charge in [0.1, 0.15) is 16.8 Å². The van der Waals surface area contributed by atoms with Crippen molar-refractivity contribution in [2.75, 3.05) is 5.32 Å². The lowest BCUT2D eigenvalue weighted by Crippen LogP contribution is -2.03. The molecule has 1 aromatic carbocycles. The molecule has 0 bridgehead atoms. The van der Waals surface area contributed by atoms with Gasteiger partial charge in [-0.1, -0.05) is 44.0 Å². The fraction of sp³-hybridized carbons (Fsp3) is 0.375. The van der Waals surface area contributed by atoms with Gasteiger partial charge in [-0.2, -0.15) is 0 Å². The van der Waals surface area contributed by atoms with Crippen LogP contribution in [-0.4, -0.2) is 9.97 Å². The second kappa shape index (κ2) is 6.71. The van der Waals surface area contributed by atoms with Crippen LogP contribution in [0.4, 0.5) is 11.5 Å². The maximum absolute atomic E-state index is 6.14. The van der Waals surface area contributed by atoms with E-state index in [4.69, 9.17) is 11.6 Å². The summed E-state index contributed by atoms with van der Waals surface area (Å²) in [5, 5.41) is 3.84. The molecule has 4 heteroatoms. The summed E-state index contributed by atoms with van der Waals surface area (Å²) < 4.78 is 0. The first-order chi connectivity index (χ1) is 9.63. The third-order valence-corrected chi connectivity index (χ3v) is 3.57. The minimum Gasteiger partial charge on any atom is -0.340 e. The largest absolute Gasteiger partial charge is 0.340 e. The van der Waals surface area contributed by atoms with Crippen LogP contribution in [0.25, 0.3) is 0 Å². The summed E-state index contributed by atoms with van der Waals surface area (Å²) in [7, 11) is 0. The van der Waals surface area contributed by atoms with Crippen molar-refractivity contribution in [3.63, 3.8) is 0 Å². The standard InChI is InChI=1S/C16H20ClN3/c1-4-6-12-7-9-13(10-8-12)18-16-11(3)15(17)19-14(5-2)20-16/h7-10H,4-6H2,1-3H3,(H,18,19,20). The highest BCUT2D eigenvalue weighted by Crippen LogP contribution is 2.24. The van der Waals surface area contributed by atoms with E-state index < -0.39 is 0 Å². The minimum absolute atomic E-state index is 0.516. The van der Waals surface area contributed by atoms with Crippen LogP contribution in [0.15, 0.2) is 24.3 Å². The van der Waals surface area contributed by atoms with Crippen molar-refractivity contribution in [1.29, 1.82) is 0 Å². The molecule has 0 unspecified atom stereocenters. The molecule has 1 N–H and O–H groups in total. The molecule has 3 nitrogen and oxygen atoms in total. The van der Waals surface area contributed by atoms with Gasteiger partial charge in [-0.05, 0) is 31.0 Å². The molecule has 0 spiro atoms. The molecule has 1 heterocycles. The predicted octanol–water partition coefficient (Wildman–Crippen LogP) is 4.70. The SMILES string of the molecule is CCCc1ccc(Nc2nc(CC)nc(Cl)c2C)cc1. The second-order valence-corrected chi connectivity index (χ2v) is 5.19. The third kappa shape index (κ3) is 3.48. The van der Waals surface area contributed by atoms with Crippen LogP contribution in [-0.2, 0) is 12.8 Å². The maximum Gasteiger partial charge on any atom is 0.138 e. The van der Waals surface area contributed by atoms with Crippen LogP contribution >= 0.6 is 11.6 Å². The Morgan fingerprint density at radius 3 is 2.40 bits per heavy atom. The lowest BCUT2D eigenvalue weighted by molar-refractivity contribution is 0.921. The van der Waals surface area contributed by atoms with Gasteiger partial charge in [0, 0.05) is 17.7 Å². The number of hydrogen-bond acceptors (Lipinski definition) is 3. The van der Waals surface area contributed by atoms with Crippen molar-refractivity contribution in [3.05, 3.63) is 46.4 Å². The summed E-state index contributed by atoms with van der Waals surface area (Å²) in [6.07, 6.45) is 3.04. The highest BCUT2D eigenvalue weighted by Gasteiger charge is 2.08. The average molecular weight is 290 g/mol. The van der Waals surface area contributed by atoms with E-state index in [1.54, 1.807) is 0 Å². The normalized spacial score (nSPS) is 10.6. The second-order valence-electron chi connectivity index (χ2n) is 4.83. The summed E-state index contributed by atoms with van der Waals surface area (Å²) in [5.74, 6) is 1.54. The van der Waals surface area contributed by atoms with E-state index >= 15 is 0 Å². The number of benzene rings is 1. The molecule has 0 atom stereocenters. The Labute approximate surface area is 125 Å². The van der Waals surface area contributed by atoms with Crippen LogP contribution in [0.2, 0.25) is 5.15 Å². The van der Waals surface area contributed by atoms with E-state index in [1.807, 2.05) is 13.8 Å². The van der Waals surface area contributed by atoms with Gasteiger partial charge >= 0.3 is 0 Å². The van der Waals surface area contributed by atoms with E-state index in [-0.39, 0.29) is 0 Å². The first-order valence-corrected chi connectivity index (χ1v) is 7.40. The van der Waals surface area contributed by atoms with Gasteiger partial charge < -0.3 is 5.32 Å². The first-order valence-electron chi connectivity index (χ1n) is 7.03. The molecule has 0 saturated carbocycles. The molecule has 0 aliphatic heterocycles. The average Bonchev–Trinajstić information content (AvgIpc) is 2.46. The smallest absolute Gasteiger partial charge is 0.138 e. The molecule has 20 heavy (non-hydrogen) atoms. The van der Waals surface area contributed by atoms with Crippen LogP contribution in [0.5, 0.6) is 0 Å². The highest BCUT2D eigenvalue weighted by atomic mass is 35.5. The topological polar surface area (TPSA) is 37.8 Å². The Kier molecular flexibility index (Phi) is 4.96. The summed E-state index contributed by atoms with van der Waals surface area (Å²) in [6, 6.07) is 8.44. The van der Waals surface area contributed by atoms with Crippen LogP contribution in [0, 0.1) is 6.92 Å². The van der Waals surface area contributed by atoms with Gasteiger partial charge in [-0.15, -0.1) is 0 Å². The van der Waals surface area contributed by atoms with Crippen molar-refractivity contribution in [3.8, 4) is 0 Å². The van der Waals surface area contributed by atoms with Crippen LogP contribution in [0.1, 0.15) is 37.2 Å². The van der Waals surface area contributed by atoms with Gasteiger partial charge in [0.15, 0.2) is 0 Å². The molecule has 0 saturated heterocycles. The fourth-order valence-electron chi connectivity index (χ4n) is 1.99. The number of rotatable bonds is 5. The molecular weight excluding hydrogens is 270 g/mol. The summed E-state index contributed by atoms with van der Waals surface area (Å²) >= 11 is 6.14. The van der Waals surface area contributed by atoms with Gasteiger partial charge in [-0.3, -0.25) is 0 Å². The van der Waals surface area contributed by atoms with Crippen molar-refractivity contribution in [2.45, 2.75) is 40.0 Å². The molecule has 0 aliphatic rings. The number of aromatic nitrogens is 2. The van der Waals surface area contributed by atoms with E-state index in [0.29, 0.717) is 5.15 Å². The van der Waals surface area contributed by atoms with Crippen molar-refractivity contribution < 1.29 is 0 Å². The molecule has 0 amide bonds. The number of aryl methyl sites for hydroxylation is 2. The Hall–Kier alpha value is -1.61.